The largest absolute Gasteiger partial charge is 0.390 e. The second-order valence-electron chi connectivity index (χ2n) is 10.0. The summed E-state index contributed by atoms with van der Waals surface area (Å²) in [5.41, 5.74) is 0.933. The summed E-state index contributed by atoms with van der Waals surface area (Å²) in [6.45, 7) is 7.75. The molecule has 0 unspecified atom stereocenters. The summed E-state index contributed by atoms with van der Waals surface area (Å²) >= 11 is 0. The minimum atomic E-state index is -4.04. The summed E-state index contributed by atoms with van der Waals surface area (Å²) in [7, 11) is -4.04. The van der Waals surface area contributed by atoms with E-state index in [9.17, 15) is 23.7 Å². The lowest BCUT2D eigenvalue weighted by Gasteiger charge is -2.24. The Morgan fingerprint density at radius 3 is 1.83 bits per heavy atom. The molecule has 0 heterocycles. The van der Waals surface area contributed by atoms with Gasteiger partial charge < -0.3 is 15.3 Å². The van der Waals surface area contributed by atoms with Gasteiger partial charge in [-0.25, -0.2) is 0 Å². The zero-order chi connectivity index (χ0) is 26.8. The van der Waals surface area contributed by atoms with Crippen LogP contribution < -0.4 is 0 Å². The van der Waals surface area contributed by atoms with E-state index < -0.39 is 34.5 Å². The highest BCUT2D eigenvalue weighted by Gasteiger charge is 2.28. The Kier molecular flexibility index (Phi) is 17.2. The minimum Gasteiger partial charge on any atom is -0.390 e. The SMILES string of the molecule is C=CCC[C@H](OS(=O)(=O)c1ccc(C)cc1)[C@@H](O)CC[C@H](O)[C@@H](O)CCCCCCCCCCCC. The molecular weight excluding hydrogens is 476 g/mol. The van der Waals surface area contributed by atoms with Crippen molar-refractivity contribution in [1.29, 1.82) is 0 Å². The molecule has 1 aromatic rings. The first-order valence-corrected chi connectivity index (χ1v) is 15.3. The average Bonchev–Trinajstić information content (AvgIpc) is 2.86. The molecule has 1 rings (SSSR count). The zero-order valence-corrected chi connectivity index (χ0v) is 23.3. The Bertz CT molecular complexity index is 792. The molecule has 36 heavy (non-hydrogen) atoms. The zero-order valence-electron chi connectivity index (χ0n) is 22.5. The topological polar surface area (TPSA) is 104 Å². The van der Waals surface area contributed by atoms with Crippen molar-refractivity contribution >= 4 is 10.1 Å². The van der Waals surface area contributed by atoms with E-state index in [1.165, 1.54) is 57.1 Å². The van der Waals surface area contributed by atoms with Crippen molar-refractivity contribution in [3.8, 4) is 0 Å². The third-order valence-corrected chi connectivity index (χ3v) is 8.05. The number of rotatable bonds is 22. The van der Waals surface area contributed by atoms with Gasteiger partial charge in [-0.05, 0) is 51.2 Å². The third kappa shape index (κ3) is 13.9. The van der Waals surface area contributed by atoms with E-state index in [1.807, 2.05) is 6.92 Å². The van der Waals surface area contributed by atoms with Crippen molar-refractivity contribution in [2.75, 3.05) is 0 Å². The molecule has 0 aromatic heterocycles. The van der Waals surface area contributed by atoms with E-state index in [1.54, 1.807) is 18.2 Å². The Balaban J connectivity index is 2.40. The molecule has 0 aliphatic carbocycles. The molecule has 0 aliphatic rings. The maximum Gasteiger partial charge on any atom is 0.297 e. The van der Waals surface area contributed by atoms with Crippen molar-refractivity contribution in [2.45, 2.75) is 139 Å². The summed E-state index contributed by atoms with van der Waals surface area (Å²) in [6, 6.07) is 6.35. The van der Waals surface area contributed by atoms with Gasteiger partial charge in [-0.2, -0.15) is 8.42 Å². The maximum atomic E-state index is 12.7. The Morgan fingerprint density at radius 1 is 0.778 bits per heavy atom. The molecular formula is C29H50O6S. The molecule has 4 atom stereocenters. The predicted molar refractivity (Wildman–Crippen MR) is 146 cm³/mol. The quantitative estimate of drug-likeness (QED) is 0.0943. The van der Waals surface area contributed by atoms with Crippen LogP contribution in [-0.4, -0.2) is 48.2 Å². The number of benzene rings is 1. The first-order chi connectivity index (χ1) is 17.2. The lowest BCUT2D eigenvalue weighted by molar-refractivity contribution is -0.0155. The van der Waals surface area contributed by atoms with Crippen LogP contribution in [0.2, 0.25) is 0 Å². The molecule has 0 radical (unpaired) electrons. The molecule has 7 heteroatoms. The second-order valence-corrected chi connectivity index (χ2v) is 11.6. The van der Waals surface area contributed by atoms with Gasteiger partial charge in [0, 0.05) is 0 Å². The Morgan fingerprint density at radius 2 is 1.28 bits per heavy atom. The van der Waals surface area contributed by atoms with E-state index in [0.29, 0.717) is 12.8 Å². The molecule has 0 amide bonds. The number of hydrogen-bond acceptors (Lipinski definition) is 6. The fraction of sp³-hybridized carbons (Fsp3) is 0.724. The number of aryl methyl sites for hydroxylation is 1. The van der Waals surface area contributed by atoms with Crippen LogP contribution >= 0.6 is 0 Å². The maximum absolute atomic E-state index is 12.7. The van der Waals surface area contributed by atoms with Gasteiger partial charge in [0.25, 0.3) is 10.1 Å². The molecule has 0 aliphatic heterocycles. The molecule has 208 valence electrons. The highest BCUT2D eigenvalue weighted by Crippen LogP contribution is 2.22. The minimum absolute atomic E-state index is 0.0378. The van der Waals surface area contributed by atoms with Crippen LogP contribution in [0.15, 0.2) is 41.8 Å². The molecule has 0 fully saturated rings. The van der Waals surface area contributed by atoms with E-state index in [0.717, 1.165) is 24.8 Å². The number of aliphatic hydroxyl groups is 3. The van der Waals surface area contributed by atoms with Crippen molar-refractivity contribution in [2.24, 2.45) is 0 Å². The fourth-order valence-corrected chi connectivity index (χ4v) is 5.39. The highest BCUT2D eigenvalue weighted by atomic mass is 32.2. The van der Waals surface area contributed by atoms with Gasteiger partial charge in [0.2, 0.25) is 0 Å². The normalized spacial score (nSPS) is 15.4. The fourth-order valence-electron chi connectivity index (χ4n) is 4.26. The van der Waals surface area contributed by atoms with Crippen molar-refractivity contribution < 1.29 is 27.9 Å². The van der Waals surface area contributed by atoms with Gasteiger partial charge in [-0.1, -0.05) is 94.9 Å². The van der Waals surface area contributed by atoms with Crippen LogP contribution in [0, 0.1) is 6.92 Å². The number of allylic oxidation sites excluding steroid dienone is 1. The average molecular weight is 527 g/mol. The first kappa shape index (κ1) is 32.8. The van der Waals surface area contributed by atoms with Crippen LogP contribution in [0.4, 0.5) is 0 Å². The van der Waals surface area contributed by atoms with Crippen molar-refractivity contribution in [3.63, 3.8) is 0 Å². The van der Waals surface area contributed by atoms with Crippen LogP contribution in [0.25, 0.3) is 0 Å². The van der Waals surface area contributed by atoms with Gasteiger partial charge >= 0.3 is 0 Å². The molecule has 0 saturated carbocycles. The van der Waals surface area contributed by atoms with Crippen LogP contribution in [0.5, 0.6) is 0 Å². The standard InChI is InChI=1S/C29H50O6S/c1-4-6-8-9-10-11-12-13-14-15-16-26(30)27(31)22-23-28(32)29(17-7-5-2)35-36(33,34)25-20-18-24(3)19-21-25/h5,18-21,26-32H,2,4,6-17,22-23H2,1,3H3/t26-,27-,28-,29-/m0/s1. The van der Waals surface area contributed by atoms with Crippen LogP contribution in [0.3, 0.4) is 0 Å². The number of unbranched alkanes of at least 4 members (excludes halogenated alkanes) is 9. The number of aliphatic hydroxyl groups excluding tert-OH is 3. The summed E-state index contributed by atoms with van der Waals surface area (Å²) < 4.78 is 30.8. The van der Waals surface area contributed by atoms with E-state index in [4.69, 9.17) is 4.18 Å². The third-order valence-electron chi connectivity index (χ3n) is 6.70. The Labute approximate surface area is 219 Å². The van der Waals surface area contributed by atoms with Gasteiger partial charge in [0.05, 0.1) is 23.2 Å². The molecule has 0 spiro atoms. The van der Waals surface area contributed by atoms with Crippen LogP contribution in [0.1, 0.15) is 109 Å². The highest BCUT2D eigenvalue weighted by molar-refractivity contribution is 7.86. The summed E-state index contributed by atoms with van der Waals surface area (Å²) in [5, 5.41) is 31.4. The summed E-state index contributed by atoms with van der Waals surface area (Å²) in [6.07, 6.45) is 11.4. The molecule has 0 saturated heterocycles. The van der Waals surface area contributed by atoms with E-state index in [-0.39, 0.29) is 24.2 Å². The first-order valence-electron chi connectivity index (χ1n) is 13.9. The van der Waals surface area contributed by atoms with Crippen LogP contribution in [-0.2, 0) is 14.3 Å². The Hall–Kier alpha value is -1.25. The predicted octanol–water partition coefficient (Wildman–Crippen LogP) is 6.21. The van der Waals surface area contributed by atoms with Gasteiger partial charge in [-0.15, -0.1) is 6.58 Å². The summed E-state index contributed by atoms with van der Waals surface area (Å²) in [4.78, 5) is 0.0378. The molecule has 0 bridgehead atoms. The lowest BCUT2D eigenvalue weighted by Crippen LogP contribution is -2.34. The van der Waals surface area contributed by atoms with E-state index in [2.05, 4.69) is 13.5 Å². The van der Waals surface area contributed by atoms with E-state index >= 15 is 0 Å². The van der Waals surface area contributed by atoms with Crippen molar-refractivity contribution in [3.05, 3.63) is 42.5 Å². The monoisotopic (exact) mass is 526 g/mol. The van der Waals surface area contributed by atoms with Gasteiger partial charge in [0.15, 0.2) is 0 Å². The van der Waals surface area contributed by atoms with Gasteiger partial charge in [-0.3, -0.25) is 4.18 Å². The molecule has 1 aromatic carbocycles. The lowest BCUT2D eigenvalue weighted by atomic mass is 9.97. The number of hydrogen-bond donors (Lipinski definition) is 3. The molecule has 6 nitrogen and oxygen atoms in total. The summed E-state index contributed by atoms with van der Waals surface area (Å²) in [5.74, 6) is 0. The van der Waals surface area contributed by atoms with Gasteiger partial charge in [0.1, 0.15) is 6.10 Å². The molecule has 3 N–H and O–H groups in total. The second kappa shape index (κ2) is 18.9. The van der Waals surface area contributed by atoms with Crippen molar-refractivity contribution in [1.82, 2.24) is 0 Å². The smallest absolute Gasteiger partial charge is 0.297 e.